The van der Waals surface area contributed by atoms with Crippen molar-refractivity contribution in [1.82, 2.24) is 10.4 Å². The van der Waals surface area contributed by atoms with Gasteiger partial charge in [-0.3, -0.25) is 5.43 Å². The Balaban J connectivity index is 2.23. The van der Waals surface area contributed by atoms with E-state index < -0.39 is 0 Å². The second kappa shape index (κ2) is 6.35. The van der Waals surface area contributed by atoms with E-state index in [1.165, 1.54) is 5.56 Å². The molecule has 1 aromatic carbocycles. The van der Waals surface area contributed by atoms with Crippen molar-refractivity contribution in [2.75, 3.05) is 13.6 Å². The fourth-order valence-electron chi connectivity index (χ4n) is 1.19. The third-order valence-corrected chi connectivity index (χ3v) is 2.06. The van der Waals surface area contributed by atoms with Crippen molar-refractivity contribution < 1.29 is 0 Å². The van der Waals surface area contributed by atoms with E-state index in [0.29, 0.717) is 0 Å². The molecule has 0 atom stereocenters. The van der Waals surface area contributed by atoms with Crippen LogP contribution in [0.25, 0.3) is 0 Å². The van der Waals surface area contributed by atoms with E-state index in [1.54, 1.807) is 0 Å². The van der Waals surface area contributed by atoms with Crippen LogP contribution in [0.15, 0.2) is 43.0 Å². The smallest absolute Gasteiger partial charge is 0.0353 e. The molecule has 1 N–H and O–H groups in total. The van der Waals surface area contributed by atoms with Crippen LogP contribution in [-0.4, -0.2) is 18.6 Å². The highest BCUT2D eigenvalue weighted by molar-refractivity contribution is 5.13. The molecule has 0 spiro atoms. The molecular formula is C12H18N2. The Hall–Kier alpha value is -1.12. The average Bonchev–Trinajstić information content (AvgIpc) is 2.25. The standard InChI is InChI=1S/C12H18N2/c1-3-4-10-14(2)13-11-12-8-6-5-7-9-12/h3,5-9,13H,1,4,10-11H2,2H3. The fourth-order valence-corrected chi connectivity index (χ4v) is 1.19. The number of hydrazine groups is 1. The highest BCUT2D eigenvalue weighted by atomic mass is 15.5. The summed E-state index contributed by atoms with van der Waals surface area (Å²) in [7, 11) is 2.05. The fraction of sp³-hybridized carbons (Fsp3) is 0.333. The molecule has 0 heterocycles. The van der Waals surface area contributed by atoms with Crippen LogP contribution in [0.5, 0.6) is 0 Å². The predicted molar refractivity (Wildman–Crippen MR) is 60.7 cm³/mol. The first-order valence-corrected chi connectivity index (χ1v) is 4.92. The van der Waals surface area contributed by atoms with E-state index in [-0.39, 0.29) is 0 Å². The SMILES string of the molecule is C=CCCN(C)NCc1ccccc1. The van der Waals surface area contributed by atoms with Crippen molar-refractivity contribution in [2.45, 2.75) is 13.0 Å². The average molecular weight is 190 g/mol. The largest absolute Gasteiger partial charge is 0.251 e. The summed E-state index contributed by atoms with van der Waals surface area (Å²) >= 11 is 0. The summed E-state index contributed by atoms with van der Waals surface area (Å²) in [5.41, 5.74) is 4.62. The minimum Gasteiger partial charge on any atom is -0.251 e. The van der Waals surface area contributed by atoms with Crippen LogP contribution in [0.1, 0.15) is 12.0 Å². The summed E-state index contributed by atoms with van der Waals surface area (Å²) in [4.78, 5) is 0. The second-order valence-corrected chi connectivity index (χ2v) is 3.32. The van der Waals surface area contributed by atoms with Crippen LogP contribution in [0, 0.1) is 0 Å². The maximum atomic E-state index is 3.70. The van der Waals surface area contributed by atoms with Crippen molar-refractivity contribution in [3.05, 3.63) is 48.6 Å². The Morgan fingerprint density at radius 1 is 1.36 bits per heavy atom. The maximum absolute atomic E-state index is 3.70. The minimum atomic E-state index is 0.883. The van der Waals surface area contributed by atoms with Gasteiger partial charge in [-0.05, 0) is 12.0 Å². The van der Waals surface area contributed by atoms with Gasteiger partial charge in [0.05, 0.1) is 0 Å². The minimum absolute atomic E-state index is 0.883. The van der Waals surface area contributed by atoms with Gasteiger partial charge in [0.1, 0.15) is 0 Å². The Bertz CT molecular complexity index is 256. The summed E-state index contributed by atoms with van der Waals surface area (Å²) in [6.07, 6.45) is 2.94. The van der Waals surface area contributed by atoms with Crippen LogP contribution >= 0.6 is 0 Å². The first-order chi connectivity index (χ1) is 6.83. The van der Waals surface area contributed by atoms with Gasteiger partial charge in [0, 0.05) is 20.1 Å². The number of nitrogens with zero attached hydrogens (tertiary/aromatic N) is 1. The lowest BCUT2D eigenvalue weighted by Gasteiger charge is -2.17. The zero-order valence-corrected chi connectivity index (χ0v) is 8.74. The van der Waals surface area contributed by atoms with Gasteiger partial charge in [0.2, 0.25) is 0 Å². The number of rotatable bonds is 6. The molecule has 0 fully saturated rings. The third kappa shape index (κ3) is 4.21. The van der Waals surface area contributed by atoms with Crippen molar-refractivity contribution in [3.63, 3.8) is 0 Å². The number of benzene rings is 1. The quantitative estimate of drug-likeness (QED) is 0.546. The van der Waals surface area contributed by atoms with E-state index in [1.807, 2.05) is 19.2 Å². The molecule has 0 bridgehead atoms. The Kier molecular flexibility index (Phi) is 4.97. The predicted octanol–water partition coefficient (Wildman–Crippen LogP) is 2.20. The molecule has 0 unspecified atom stereocenters. The molecule has 0 aliphatic rings. The first-order valence-electron chi connectivity index (χ1n) is 4.92. The number of hydrogen-bond acceptors (Lipinski definition) is 2. The third-order valence-electron chi connectivity index (χ3n) is 2.06. The van der Waals surface area contributed by atoms with Crippen LogP contribution < -0.4 is 5.43 Å². The topological polar surface area (TPSA) is 15.3 Å². The molecule has 0 aliphatic heterocycles. The molecule has 76 valence electrons. The lowest BCUT2D eigenvalue weighted by Crippen LogP contribution is -2.34. The first kappa shape index (κ1) is 11.0. The van der Waals surface area contributed by atoms with Crippen molar-refractivity contribution in [1.29, 1.82) is 0 Å². The van der Waals surface area contributed by atoms with Gasteiger partial charge in [-0.15, -0.1) is 6.58 Å². The van der Waals surface area contributed by atoms with E-state index in [0.717, 1.165) is 19.5 Å². The Labute approximate surface area is 86.2 Å². The number of nitrogens with one attached hydrogen (secondary N) is 1. The molecule has 2 nitrogen and oxygen atoms in total. The lowest BCUT2D eigenvalue weighted by molar-refractivity contribution is 0.236. The molecule has 14 heavy (non-hydrogen) atoms. The molecule has 2 heteroatoms. The van der Waals surface area contributed by atoms with Crippen LogP contribution in [-0.2, 0) is 6.54 Å². The molecule has 0 aromatic heterocycles. The monoisotopic (exact) mass is 190 g/mol. The Morgan fingerprint density at radius 2 is 2.07 bits per heavy atom. The zero-order valence-electron chi connectivity index (χ0n) is 8.74. The van der Waals surface area contributed by atoms with Gasteiger partial charge < -0.3 is 0 Å². The normalized spacial score (nSPS) is 10.4. The second-order valence-electron chi connectivity index (χ2n) is 3.32. The molecule has 0 saturated carbocycles. The highest BCUT2D eigenvalue weighted by Crippen LogP contribution is 1.97. The zero-order chi connectivity index (χ0) is 10.2. The molecule has 0 aliphatic carbocycles. The van der Waals surface area contributed by atoms with Crippen molar-refractivity contribution >= 4 is 0 Å². The van der Waals surface area contributed by atoms with E-state index in [2.05, 4.69) is 41.3 Å². The van der Waals surface area contributed by atoms with Gasteiger partial charge in [0.15, 0.2) is 0 Å². The van der Waals surface area contributed by atoms with E-state index in [4.69, 9.17) is 0 Å². The van der Waals surface area contributed by atoms with Gasteiger partial charge in [-0.1, -0.05) is 36.4 Å². The van der Waals surface area contributed by atoms with Gasteiger partial charge >= 0.3 is 0 Å². The summed E-state index contributed by atoms with van der Waals surface area (Å²) < 4.78 is 0. The molecule has 1 rings (SSSR count). The summed E-state index contributed by atoms with van der Waals surface area (Å²) in [6.45, 7) is 5.58. The summed E-state index contributed by atoms with van der Waals surface area (Å²) in [5, 5.41) is 2.09. The number of hydrogen-bond donors (Lipinski definition) is 1. The molecule has 0 amide bonds. The van der Waals surface area contributed by atoms with E-state index >= 15 is 0 Å². The molecule has 1 aromatic rings. The summed E-state index contributed by atoms with van der Waals surface area (Å²) in [6, 6.07) is 10.4. The van der Waals surface area contributed by atoms with Gasteiger partial charge in [-0.25, -0.2) is 5.01 Å². The molecular weight excluding hydrogens is 172 g/mol. The molecule has 0 radical (unpaired) electrons. The van der Waals surface area contributed by atoms with Crippen LogP contribution in [0.4, 0.5) is 0 Å². The molecule has 0 saturated heterocycles. The van der Waals surface area contributed by atoms with Crippen LogP contribution in [0.3, 0.4) is 0 Å². The van der Waals surface area contributed by atoms with E-state index in [9.17, 15) is 0 Å². The van der Waals surface area contributed by atoms with Crippen LogP contribution in [0.2, 0.25) is 0 Å². The Morgan fingerprint density at radius 3 is 2.71 bits per heavy atom. The van der Waals surface area contributed by atoms with Gasteiger partial charge in [-0.2, -0.15) is 0 Å². The maximum Gasteiger partial charge on any atom is 0.0353 e. The lowest BCUT2D eigenvalue weighted by atomic mass is 10.2. The highest BCUT2D eigenvalue weighted by Gasteiger charge is 1.95. The van der Waals surface area contributed by atoms with Crippen molar-refractivity contribution in [2.24, 2.45) is 0 Å². The van der Waals surface area contributed by atoms with Gasteiger partial charge in [0.25, 0.3) is 0 Å². The summed E-state index contributed by atoms with van der Waals surface area (Å²) in [5.74, 6) is 0. The van der Waals surface area contributed by atoms with Crippen molar-refractivity contribution in [3.8, 4) is 0 Å².